The Bertz CT molecular complexity index is 1430. The van der Waals surface area contributed by atoms with Crippen molar-refractivity contribution in [2.45, 2.75) is 50.5 Å². The van der Waals surface area contributed by atoms with E-state index in [9.17, 15) is 14.3 Å². The van der Waals surface area contributed by atoms with Crippen LogP contribution in [0.3, 0.4) is 0 Å². The Morgan fingerprint density at radius 1 is 1.18 bits per heavy atom. The molecule has 4 saturated carbocycles. The number of H-pyrrole nitrogens is 1. The molecule has 4 aliphatic rings. The quantitative estimate of drug-likeness (QED) is 0.402. The van der Waals surface area contributed by atoms with Crippen molar-refractivity contribution < 1.29 is 14.3 Å². The van der Waals surface area contributed by atoms with Gasteiger partial charge in [-0.25, -0.2) is 18.9 Å². The van der Waals surface area contributed by atoms with E-state index in [4.69, 9.17) is 10.1 Å². The second-order valence-electron chi connectivity index (χ2n) is 10.1. The summed E-state index contributed by atoms with van der Waals surface area (Å²) >= 11 is 0. The minimum absolute atomic E-state index is 0.166. The molecule has 0 saturated heterocycles. The molecule has 0 spiro atoms. The number of hydrogen-bond donors (Lipinski definition) is 3. The Morgan fingerprint density at radius 2 is 1.97 bits per heavy atom. The van der Waals surface area contributed by atoms with E-state index < -0.39 is 17.7 Å². The van der Waals surface area contributed by atoms with Gasteiger partial charge in [0.15, 0.2) is 11.6 Å². The lowest BCUT2D eigenvalue weighted by Gasteiger charge is -2.47. The number of rotatable bonds is 5. The van der Waals surface area contributed by atoms with E-state index in [-0.39, 0.29) is 12.0 Å². The van der Waals surface area contributed by atoms with Crippen LogP contribution in [0.15, 0.2) is 30.7 Å². The van der Waals surface area contributed by atoms with Crippen molar-refractivity contribution in [2.75, 3.05) is 5.32 Å². The van der Waals surface area contributed by atoms with Gasteiger partial charge in [-0.2, -0.15) is 0 Å². The number of fused-ring (bicyclic) bond motifs is 5. The monoisotopic (exact) mass is 460 g/mol. The molecule has 4 aromatic heterocycles. The molecular formula is C25H25FN6O2. The summed E-state index contributed by atoms with van der Waals surface area (Å²) in [5.74, 6) is 0.547. The molecule has 9 heteroatoms. The molecule has 8 rings (SSSR count). The minimum Gasteiger partial charge on any atom is -0.481 e. The van der Waals surface area contributed by atoms with E-state index in [1.165, 1.54) is 17.8 Å². The van der Waals surface area contributed by atoms with Crippen LogP contribution < -0.4 is 5.32 Å². The highest BCUT2D eigenvalue weighted by molar-refractivity contribution is 5.92. The zero-order chi connectivity index (χ0) is 23.0. The molecule has 8 nitrogen and oxygen atoms in total. The third-order valence-corrected chi connectivity index (χ3v) is 8.11. The summed E-state index contributed by atoms with van der Waals surface area (Å²) in [6, 6.07) is 3.36. The molecule has 174 valence electrons. The average molecular weight is 461 g/mol. The van der Waals surface area contributed by atoms with Crippen LogP contribution in [0.1, 0.15) is 50.0 Å². The van der Waals surface area contributed by atoms with Crippen LogP contribution in [-0.4, -0.2) is 41.7 Å². The molecule has 2 atom stereocenters. The number of pyridine rings is 1. The molecule has 4 aliphatic carbocycles. The number of carboxylic acid groups (broad SMARTS) is 1. The third-order valence-electron chi connectivity index (χ3n) is 8.11. The molecule has 0 amide bonds. The van der Waals surface area contributed by atoms with E-state index >= 15 is 0 Å². The number of aromatic nitrogens is 5. The molecule has 4 fully saturated rings. The number of halogens is 1. The van der Waals surface area contributed by atoms with E-state index in [1.54, 1.807) is 6.20 Å². The predicted octanol–water partition coefficient (Wildman–Crippen LogP) is 4.59. The zero-order valence-electron chi connectivity index (χ0n) is 18.5. The number of aromatic amines is 1. The molecular weight excluding hydrogens is 435 g/mol. The maximum absolute atomic E-state index is 14.0. The first-order valence-corrected chi connectivity index (χ1v) is 12.1. The number of anilines is 1. The van der Waals surface area contributed by atoms with Crippen LogP contribution in [-0.2, 0) is 4.79 Å². The minimum atomic E-state index is -0.729. The molecule has 0 unspecified atom stereocenters. The lowest BCUT2D eigenvalue weighted by Crippen LogP contribution is -2.51. The highest BCUT2D eigenvalue weighted by atomic mass is 19.1. The molecule has 0 aliphatic heterocycles. The lowest BCUT2D eigenvalue weighted by molar-refractivity contribution is -0.148. The van der Waals surface area contributed by atoms with Gasteiger partial charge >= 0.3 is 5.97 Å². The number of carbonyl (C=O) groups is 1. The van der Waals surface area contributed by atoms with Crippen LogP contribution in [0.2, 0.25) is 0 Å². The van der Waals surface area contributed by atoms with Crippen LogP contribution in [0, 0.1) is 23.6 Å². The topological polar surface area (TPSA) is 108 Å². The maximum atomic E-state index is 14.0. The fourth-order valence-corrected chi connectivity index (χ4v) is 6.32. The summed E-state index contributed by atoms with van der Waals surface area (Å²) in [5, 5.41) is 19.0. The molecule has 4 aromatic rings. The van der Waals surface area contributed by atoms with Gasteiger partial charge in [-0.05, 0) is 74.0 Å². The largest absolute Gasteiger partial charge is 0.481 e. The smallest absolute Gasteiger partial charge is 0.308 e. The van der Waals surface area contributed by atoms with Gasteiger partial charge in [-0.15, -0.1) is 5.10 Å². The van der Waals surface area contributed by atoms with Crippen molar-refractivity contribution >= 4 is 28.3 Å². The second-order valence-corrected chi connectivity index (χ2v) is 10.1. The van der Waals surface area contributed by atoms with Crippen molar-refractivity contribution in [3.8, 4) is 11.4 Å². The van der Waals surface area contributed by atoms with Crippen molar-refractivity contribution in [3.63, 3.8) is 0 Å². The second kappa shape index (κ2) is 7.25. The summed E-state index contributed by atoms with van der Waals surface area (Å²) in [6.07, 6.45) is 11.2. The Morgan fingerprint density at radius 3 is 2.74 bits per heavy atom. The van der Waals surface area contributed by atoms with Crippen LogP contribution in [0.4, 0.5) is 10.2 Å². The average Bonchev–Trinajstić information content (AvgIpc) is 3.45. The van der Waals surface area contributed by atoms with Gasteiger partial charge in [0.05, 0.1) is 12.1 Å². The van der Waals surface area contributed by atoms with Gasteiger partial charge < -0.3 is 15.4 Å². The fourth-order valence-electron chi connectivity index (χ4n) is 6.32. The lowest BCUT2D eigenvalue weighted by atomic mass is 9.61. The molecule has 0 radical (unpaired) electrons. The summed E-state index contributed by atoms with van der Waals surface area (Å²) in [5.41, 5.74) is 3.35. The Hall–Kier alpha value is -3.49. The predicted molar refractivity (Wildman–Crippen MR) is 124 cm³/mol. The van der Waals surface area contributed by atoms with Crippen molar-refractivity contribution in [2.24, 2.45) is 17.8 Å². The van der Waals surface area contributed by atoms with Gasteiger partial charge in [-0.1, -0.05) is 0 Å². The summed E-state index contributed by atoms with van der Waals surface area (Å²) < 4.78 is 15.8. The number of nitrogens with zero attached hydrogens (tertiary/aromatic N) is 4. The number of nitrogens with one attached hydrogen (secondary N) is 2. The van der Waals surface area contributed by atoms with Crippen LogP contribution in [0.5, 0.6) is 0 Å². The molecule has 2 bridgehead atoms. The van der Waals surface area contributed by atoms with E-state index in [1.807, 2.05) is 10.7 Å². The summed E-state index contributed by atoms with van der Waals surface area (Å²) in [6.45, 7) is 0. The number of hydrogen-bond acceptors (Lipinski definition) is 5. The normalized spacial score (nSPS) is 26.4. The molecule has 3 N–H and O–H groups in total. The summed E-state index contributed by atoms with van der Waals surface area (Å²) in [4.78, 5) is 24.4. The highest BCUT2D eigenvalue weighted by Gasteiger charge is 2.47. The van der Waals surface area contributed by atoms with Crippen molar-refractivity contribution in [1.82, 2.24) is 24.6 Å². The first-order valence-electron chi connectivity index (χ1n) is 12.1. The van der Waals surface area contributed by atoms with Crippen molar-refractivity contribution in [1.29, 1.82) is 0 Å². The van der Waals surface area contributed by atoms with Gasteiger partial charge in [0, 0.05) is 29.4 Å². The van der Waals surface area contributed by atoms with Crippen molar-refractivity contribution in [3.05, 3.63) is 42.1 Å². The fraction of sp³-hybridized carbons (Fsp3) is 0.440. The Kier molecular flexibility index (Phi) is 4.25. The molecule has 4 heterocycles. The molecule has 0 aromatic carbocycles. The van der Waals surface area contributed by atoms with Gasteiger partial charge in [0.25, 0.3) is 0 Å². The van der Waals surface area contributed by atoms with E-state index in [2.05, 4.69) is 21.4 Å². The number of aliphatic carboxylic acids is 1. The third kappa shape index (κ3) is 3.02. The first-order chi connectivity index (χ1) is 16.6. The van der Waals surface area contributed by atoms with Gasteiger partial charge in [0.1, 0.15) is 17.0 Å². The van der Waals surface area contributed by atoms with E-state index in [0.29, 0.717) is 40.1 Å². The number of carboxylic acids is 1. The maximum Gasteiger partial charge on any atom is 0.308 e. The zero-order valence-corrected chi connectivity index (χ0v) is 18.5. The Labute approximate surface area is 194 Å². The highest BCUT2D eigenvalue weighted by Crippen LogP contribution is 2.48. The van der Waals surface area contributed by atoms with Gasteiger partial charge in [-0.3, -0.25) is 4.79 Å². The van der Waals surface area contributed by atoms with E-state index in [0.717, 1.165) is 44.0 Å². The van der Waals surface area contributed by atoms with Crippen LogP contribution >= 0.6 is 0 Å². The molecule has 34 heavy (non-hydrogen) atoms. The summed E-state index contributed by atoms with van der Waals surface area (Å²) in [7, 11) is 0. The van der Waals surface area contributed by atoms with Crippen LogP contribution in [0.25, 0.3) is 27.9 Å². The SMILES string of the molecule is O=C(O)[C@H]1C2CCC(CC2)[C@@H]1Nc1nc(-c2c[nH]c3ncc(F)cc23)nn2ccc(C3CC3)c12. The standard InChI is InChI=1S/C25H25FN6O2/c26-15-9-17-18(11-28-22(17)27-10-15)23-30-24(21-16(12-1-2-12)7-8-32(21)31-23)29-20-14-5-3-13(4-6-14)19(20)25(33)34/h7-14,19-20H,1-6H2,(H,27,28)(H,33,34)(H,29,30,31)/t13?,14?,19-,20-/m0/s1. The Balaban J connectivity index is 1.38. The van der Waals surface area contributed by atoms with Gasteiger partial charge in [0.2, 0.25) is 0 Å². The first kappa shape index (κ1) is 19.9.